The Morgan fingerprint density at radius 1 is 0.800 bits per heavy atom. The highest BCUT2D eigenvalue weighted by Gasteiger charge is 2.21. The summed E-state index contributed by atoms with van der Waals surface area (Å²) in [6, 6.07) is 33.6. The molecule has 4 aromatic rings. The van der Waals surface area contributed by atoms with E-state index in [9.17, 15) is 13.2 Å². The van der Waals surface area contributed by atoms with Gasteiger partial charge in [0.05, 0.1) is 24.5 Å². The second-order valence-corrected chi connectivity index (χ2v) is 10.4. The maximum atomic E-state index is 13.2. The Labute approximate surface area is 207 Å². The molecule has 1 N–H and O–H groups in total. The fraction of sp³-hybridized carbons (Fsp3) is 0.138. The summed E-state index contributed by atoms with van der Waals surface area (Å²) in [6.07, 6.45) is 1.18. The molecular weight excluding hydrogens is 456 g/mol. The van der Waals surface area contributed by atoms with E-state index < -0.39 is 10.0 Å². The van der Waals surface area contributed by atoms with Gasteiger partial charge in [0.25, 0.3) is 5.91 Å². The Morgan fingerprint density at radius 2 is 1.37 bits per heavy atom. The second kappa shape index (κ2) is 10.6. The van der Waals surface area contributed by atoms with Gasteiger partial charge in [0, 0.05) is 5.56 Å². The van der Waals surface area contributed by atoms with Crippen molar-refractivity contribution in [2.75, 3.05) is 10.6 Å². The van der Waals surface area contributed by atoms with Crippen LogP contribution in [-0.4, -0.2) is 20.6 Å². The van der Waals surface area contributed by atoms with Gasteiger partial charge in [-0.15, -0.1) is 0 Å². The van der Waals surface area contributed by atoms with Crippen molar-refractivity contribution in [2.24, 2.45) is 0 Å². The lowest BCUT2D eigenvalue weighted by Gasteiger charge is -2.23. The number of aryl methyl sites for hydroxylation is 1. The monoisotopic (exact) mass is 484 g/mol. The summed E-state index contributed by atoms with van der Waals surface area (Å²) >= 11 is 0. The average Bonchev–Trinajstić information content (AvgIpc) is 2.87. The number of carbonyl (C=O) groups is 1. The van der Waals surface area contributed by atoms with E-state index >= 15 is 0 Å². The standard InChI is InChI=1S/C29H28N2O3S/c1-22-11-9-10-16-27(22)28(24-14-7-4-8-15-24)30-29(32)25-17-19-26(20-18-25)31(35(2,33)34)21-23-12-5-3-6-13-23/h3-20,28H,21H2,1-2H3,(H,30,32). The lowest BCUT2D eigenvalue weighted by atomic mass is 9.94. The van der Waals surface area contributed by atoms with Crippen molar-refractivity contribution in [1.82, 2.24) is 5.32 Å². The van der Waals surface area contributed by atoms with Gasteiger partial charge in [0.2, 0.25) is 10.0 Å². The molecule has 0 saturated carbocycles. The maximum absolute atomic E-state index is 13.2. The molecule has 6 heteroatoms. The van der Waals surface area contributed by atoms with Crippen molar-refractivity contribution in [2.45, 2.75) is 19.5 Å². The summed E-state index contributed by atoms with van der Waals surface area (Å²) in [5, 5.41) is 3.15. The number of sulfonamides is 1. The van der Waals surface area contributed by atoms with E-state index in [-0.39, 0.29) is 18.5 Å². The SMILES string of the molecule is Cc1ccccc1C(NC(=O)c1ccc(N(Cc2ccccc2)S(C)(=O)=O)cc1)c1ccccc1. The van der Waals surface area contributed by atoms with Crippen LogP contribution >= 0.6 is 0 Å². The van der Waals surface area contributed by atoms with Crippen LogP contribution in [0.25, 0.3) is 0 Å². The van der Waals surface area contributed by atoms with Crippen molar-refractivity contribution in [3.8, 4) is 0 Å². The van der Waals surface area contributed by atoms with Crippen molar-refractivity contribution < 1.29 is 13.2 Å². The number of rotatable bonds is 8. The second-order valence-electron chi connectivity index (χ2n) is 8.48. The molecular formula is C29H28N2O3S. The predicted molar refractivity (Wildman–Crippen MR) is 141 cm³/mol. The Balaban J connectivity index is 1.59. The van der Waals surface area contributed by atoms with Crippen LogP contribution < -0.4 is 9.62 Å². The van der Waals surface area contributed by atoms with Crippen LogP contribution in [0.5, 0.6) is 0 Å². The van der Waals surface area contributed by atoms with Gasteiger partial charge in [-0.2, -0.15) is 0 Å². The summed E-state index contributed by atoms with van der Waals surface area (Å²) < 4.78 is 26.3. The molecule has 0 aliphatic carbocycles. The van der Waals surface area contributed by atoms with Gasteiger partial charge in [-0.05, 0) is 53.4 Å². The molecule has 0 aliphatic heterocycles. The summed E-state index contributed by atoms with van der Waals surface area (Å²) in [5.41, 5.74) is 4.93. The first-order valence-electron chi connectivity index (χ1n) is 11.4. The van der Waals surface area contributed by atoms with Crippen molar-refractivity contribution in [3.05, 3.63) is 137 Å². The molecule has 0 spiro atoms. The number of amides is 1. The van der Waals surface area contributed by atoms with Gasteiger partial charge >= 0.3 is 0 Å². The van der Waals surface area contributed by atoms with E-state index in [0.717, 1.165) is 22.3 Å². The van der Waals surface area contributed by atoms with E-state index in [1.54, 1.807) is 24.3 Å². The normalized spacial score (nSPS) is 12.1. The molecule has 35 heavy (non-hydrogen) atoms. The van der Waals surface area contributed by atoms with Crippen LogP contribution in [0.4, 0.5) is 5.69 Å². The Bertz CT molecular complexity index is 1390. The first-order chi connectivity index (χ1) is 16.8. The van der Waals surface area contributed by atoms with Crippen LogP contribution in [0.1, 0.15) is 38.7 Å². The van der Waals surface area contributed by atoms with Crippen molar-refractivity contribution in [3.63, 3.8) is 0 Å². The Morgan fingerprint density at radius 3 is 1.97 bits per heavy atom. The molecule has 0 fully saturated rings. The third-order valence-electron chi connectivity index (χ3n) is 5.89. The lowest BCUT2D eigenvalue weighted by molar-refractivity contribution is 0.0943. The third-order valence-corrected chi connectivity index (χ3v) is 7.04. The number of hydrogen-bond donors (Lipinski definition) is 1. The van der Waals surface area contributed by atoms with Crippen molar-refractivity contribution in [1.29, 1.82) is 0 Å². The lowest BCUT2D eigenvalue weighted by Crippen LogP contribution is -2.30. The molecule has 5 nitrogen and oxygen atoms in total. The van der Waals surface area contributed by atoms with Gasteiger partial charge < -0.3 is 5.32 Å². The van der Waals surface area contributed by atoms with Gasteiger partial charge in [-0.3, -0.25) is 9.10 Å². The summed E-state index contributed by atoms with van der Waals surface area (Å²) in [6.45, 7) is 2.24. The van der Waals surface area contributed by atoms with Gasteiger partial charge in [-0.25, -0.2) is 8.42 Å². The number of anilines is 1. The molecule has 1 atom stereocenters. The highest BCUT2D eigenvalue weighted by Crippen LogP contribution is 2.26. The van der Waals surface area contributed by atoms with Gasteiger partial charge in [0.1, 0.15) is 0 Å². The first-order valence-corrected chi connectivity index (χ1v) is 13.2. The minimum atomic E-state index is -3.51. The van der Waals surface area contributed by atoms with E-state index in [1.807, 2.05) is 91.9 Å². The molecule has 1 unspecified atom stereocenters. The Kier molecular flexibility index (Phi) is 7.32. The molecule has 0 saturated heterocycles. The third kappa shape index (κ3) is 5.97. The number of hydrogen-bond acceptors (Lipinski definition) is 3. The minimum absolute atomic E-state index is 0.217. The van der Waals surface area contributed by atoms with E-state index in [0.29, 0.717) is 11.3 Å². The minimum Gasteiger partial charge on any atom is -0.341 e. The molecule has 4 aromatic carbocycles. The van der Waals surface area contributed by atoms with Crippen molar-refractivity contribution >= 4 is 21.6 Å². The molecule has 0 heterocycles. The molecule has 1 amide bonds. The predicted octanol–water partition coefficient (Wildman–Crippen LogP) is 5.48. The quantitative estimate of drug-likeness (QED) is 0.360. The van der Waals surface area contributed by atoms with E-state index in [2.05, 4.69) is 5.32 Å². The van der Waals surface area contributed by atoms with Gasteiger partial charge in [0.15, 0.2) is 0 Å². The van der Waals surface area contributed by atoms with Crippen LogP contribution in [0.15, 0.2) is 109 Å². The average molecular weight is 485 g/mol. The molecule has 178 valence electrons. The number of carbonyl (C=O) groups excluding carboxylic acids is 1. The molecule has 0 aliphatic rings. The molecule has 0 bridgehead atoms. The van der Waals surface area contributed by atoms with Crippen LogP contribution in [0.3, 0.4) is 0 Å². The smallest absolute Gasteiger partial charge is 0.252 e. The Hall–Kier alpha value is -3.90. The largest absolute Gasteiger partial charge is 0.341 e. The fourth-order valence-electron chi connectivity index (χ4n) is 4.04. The number of nitrogens with zero attached hydrogens (tertiary/aromatic N) is 1. The van der Waals surface area contributed by atoms with Crippen LogP contribution in [0, 0.1) is 6.92 Å². The topological polar surface area (TPSA) is 66.5 Å². The highest BCUT2D eigenvalue weighted by molar-refractivity contribution is 7.92. The molecule has 0 aromatic heterocycles. The molecule has 4 rings (SSSR count). The summed E-state index contributed by atoms with van der Waals surface area (Å²) in [5.74, 6) is -0.234. The van der Waals surface area contributed by atoms with Crippen LogP contribution in [0.2, 0.25) is 0 Å². The number of nitrogens with one attached hydrogen (secondary N) is 1. The van der Waals surface area contributed by atoms with E-state index in [4.69, 9.17) is 0 Å². The summed E-state index contributed by atoms with van der Waals surface area (Å²) in [7, 11) is -3.51. The maximum Gasteiger partial charge on any atom is 0.252 e. The first kappa shape index (κ1) is 24.2. The van der Waals surface area contributed by atoms with Gasteiger partial charge in [-0.1, -0.05) is 84.9 Å². The molecule has 0 radical (unpaired) electrons. The van der Waals surface area contributed by atoms with Crippen LogP contribution in [-0.2, 0) is 16.6 Å². The zero-order valence-corrected chi connectivity index (χ0v) is 20.6. The fourth-order valence-corrected chi connectivity index (χ4v) is 4.93. The summed E-state index contributed by atoms with van der Waals surface area (Å²) in [4.78, 5) is 13.2. The van der Waals surface area contributed by atoms with E-state index in [1.165, 1.54) is 10.6 Å². The highest BCUT2D eigenvalue weighted by atomic mass is 32.2. The zero-order chi connectivity index (χ0) is 24.8. The number of benzene rings is 4. The zero-order valence-electron chi connectivity index (χ0n) is 19.8.